The maximum Gasteiger partial charge on any atom is 0.243 e. The first-order valence-electron chi connectivity index (χ1n) is 8.12. The number of rotatable bonds is 6. The number of nitrogens with zero attached hydrogens (tertiary/aromatic N) is 1. The third-order valence-corrected chi connectivity index (χ3v) is 7.20. The quantitative estimate of drug-likeness (QED) is 0.804. The van der Waals surface area contributed by atoms with Crippen LogP contribution in [0.5, 0.6) is 11.5 Å². The number of ether oxygens (including phenoxy) is 2. The molecule has 0 radical (unpaired) electrons. The van der Waals surface area contributed by atoms with E-state index in [1.165, 1.54) is 30.1 Å². The highest BCUT2D eigenvalue weighted by Gasteiger charge is 2.31. The van der Waals surface area contributed by atoms with Crippen LogP contribution in [0.1, 0.15) is 4.88 Å². The summed E-state index contributed by atoms with van der Waals surface area (Å²) >= 11 is 1.75. The molecule has 1 fully saturated rings. The fourth-order valence-corrected chi connectivity index (χ4v) is 5.24. The lowest BCUT2D eigenvalue weighted by molar-refractivity contribution is -0.917. The van der Waals surface area contributed by atoms with Crippen molar-refractivity contribution in [1.29, 1.82) is 0 Å². The first-order valence-corrected chi connectivity index (χ1v) is 10.4. The maximum atomic E-state index is 12.9. The summed E-state index contributed by atoms with van der Waals surface area (Å²) in [7, 11) is -0.488. The number of nitrogens with one attached hydrogen (secondary N) is 1. The van der Waals surface area contributed by atoms with Gasteiger partial charge in [-0.25, -0.2) is 8.42 Å². The number of hydrogen-bond acceptors (Lipinski definition) is 5. The van der Waals surface area contributed by atoms with E-state index in [0.29, 0.717) is 24.6 Å². The molecule has 0 bridgehead atoms. The van der Waals surface area contributed by atoms with Gasteiger partial charge < -0.3 is 14.4 Å². The number of hydrogen-bond donors (Lipinski definition) is 1. The van der Waals surface area contributed by atoms with Gasteiger partial charge in [-0.1, -0.05) is 6.07 Å². The van der Waals surface area contributed by atoms with Crippen molar-refractivity contribution in [2.45, 2.75) is 11.4 Å². The third kappa shape index (κ3) is 3.98. The van der Waals surface area contributed by atoms with Gasteiger partial charge in [-0.05, 0) is 23.6 Å². The molecule has 136 valence electrons. The Bertz CT molecular complexity index is 798. The van der Waals surface area contributed by atoms with Crippen molar-refractivity contribution < 1.29 is 22.8 Å². The Hall–Kier alpha value is -1.61. The van der Waals surface area contributed by atoms with E-state index in [4.69, 9.17) is 9.47 Å². The molecule has 3 rings (SSSR count). The van der Waals surface area contributed by atoms with Crippen LogP contribution in [-0.4, -0.2) is 53.1 Å². The Kier molecular flexibility index (Phi) is 5.63. The van der Waals surface area contributed by atoms with Crippen LogP contribution < -0.4 is 14.4 Å². The molecule has 0 unspecified atom stereocenters. The summed E-state index contributed by atoms with van der Waals surface area (Å²) in [4.78, 5) is 3.00. The van der Waals surface area contributed by atoms with Crippen molar-refractivity contribution >= 4 is 21.4 Å². The van der Waals surface area contributed by atoms with Crippen LogP contribution in [0.4, 0.5) is 0 Å². The number of benzene rings is 1. The van der Waals surface area contributed by atoms with Gasteiger partial charge in [0.1, 0.15) is 6.54 Å². The van der Waals surface area contributed by atoms with E-state index in [1.54, 1.807) is 27.8 Å². The summed E-state index contributed by atoms with van der Waals surface area (Å²) in [6.07, 6.45) is 0. The average molecular weight is 384 g/mol. The maximum absolute atomic E-state index is 12.9. The monoisotopic (exact) mass is 383 g/mol. The van der Waals surface area contributed by atoms with Crippen molar-refractivity contribution in [1.82, 2.24) is 4.31 Å². The highest BCUT2D eigenvalue weighted by molar-refractivity contribution is 7.89. The first kappa shape index (κ1) is 18.2. The number of quaternary nitrogens is 1. The molecule has 0 atom stereocenters. The molecular formula is C17H23N2O4S2+. The summed E-state index contributed by atoms with van der Waals surface area (Å²) in [6, 6.07) is 8.91. The Balaban J connectivity index is 1.69. The average Bonchev–Trinajstić information content (AvgIpc) is 3.14. The second-order valence-corrected chi connectivity index (χ2v) is 8.90. The molecule has 6 nitrogen and oxygen atoms in total. The lowest BCUT2D eigenvalue weighted by Crippen LogP contribution is -3.13. The van der Waals surface area contributed by atoms with Crippen molar-refractivity contribution in [2.24, 2.45) is 0 Å². The van der Waals surface area contributed by atoms with Crippen molar-refractivity contribution in [3.8, 4) is 11.5 Å². The summed E-state index contributed by atoms with van der Waals surface area (Å²) < 4.78 is 37.8. The largest absolute Gasteiger partial charge is 0.493 e. The molecule has 1 N–H and O–H groups in total. The summed E-state index contributed by atoms with van der Waals surface area (Å²) in [6.45, 7) is 3.63. The summed E-state index contributed by atoms with van der Waals surface area (Å²) in [5.41, 5.74) is 0. The summed E-state index contributed by atoms with van der Waals surface area (Å²) in [5.74, 6) is 0.942. The molecular weight excluding hydrogens is 360 g/mol. The second-order valence-electron chi connectivity index (χ2n) is 5.93. The molecule has 1 aromatic carbocycles. The number of thiophene rings is 1. The summed E-state index contributed by atoms with van der Waals surface area (Å²) in [5, 5.41) is 2.08. The van der Waals surface area contributed by atoms with Crippen molar-refractivity contribution in [2.75, 3.05) is 40.4 Å². The predicted molar refractivity (Wildman–Crippen MR) is 97.0 cm³/mol. The molecule has 0 saturated carbocycles. The zero-order valence-electron chi connectivity index (χ0n) is 14.4. The van der Waals surface area contributed by atoms with E-state index >= 15 is 0 Å². The Morgan fingerprint density at radius 2 is 1.84 bits per heavy atom. The van der Waals surface area contributed by atoms with Gasteiger partial charge in [0.15, 0.2) is 11.5 Å². The van der Waals surface area contributed by atoms with Gasteiger partial charge in [0.05, 0.1) is 50.2 Å². The highest BCUT2D eigenvalue weighted by atomic mass is 32.2. The fraction of sp³-hybridized carbons (Fsp3) is 0.412. The Morgan fingerprint density at radius 3 is 2.44 bits per heavy atom. The standard InChI is InChI=1S/C17H22N2O4S2/c1-22-16-6-5-15(12-17(16)23-2)25(20,21)19-9-7-18(8-10-19)13-14-4-3-11-24-14/h3-6,11-12H,7-10,13H2,1-2H3/p+1. The SMILES string of the molecule is COc1ccc(S(=O)(=O)N2CC[NH+](Cc3cccs3)CC2)cc1OC. The first-order chi connectivity index (χ1) is 12.0. The zero-order valence-corrected chi connectivity index (χ0v) is 16.0. The van der Waals surface area contributed by atoms with Crippen molar-refractivity contribution in [3.63, 3.8) is 0 Å². The molecule has 25 heavy (non-hydrogen) atoms. The minimum atomic E-state index is -3.52. The van der Waals surface area contributed by atoms with Crippen LogP contribution >= 0.6 is 11.3 Å². The molecule has 0 spiro atoms. The molecule has 2 aromatic rings. The van der Waals surface area contributed by atoms with Gasteiger partial charge in [0, 0.05) is 6.07 Å². The van der Waals surface area contributed by atoms with Gasteiger partial charge in [-0.15, -0.1) is 11.3 Å². The Labute approximate surface area is 152 Å². The lowest BCUT2D eigenvalue weighted by atomic mass is 10.3. The van der Waals surface area contributed by atoms with Crippen LogP contribution in [0.15, 0.2) is 40.6 Å². The van der Waals surface area contributed by atoms with Gasteiger partial charge in [-0.3, -0.25) is 0 Å². The molecule has 1 aliphatic heterocycles. The van der Waals surface area contributed by atoms with Crippen LogP contribution in [0.25, 0.3) is 0 Å². The predicted octanol–water partition coefficient (Wildman–Crippen LogP) is 0.855. The van der Waals surface area contributed by atoms with E-state index in [1.807, 2.05) is 0 Å². The fourth-order valence-electron chi connectivity index (χ4n) is 3.01. The van der Waals surface area contributed by atoms with E-state index < -0.39 is 10.0 Å². The van der Waals surface area contributed by atoms with Gasteiger partial charge in [0.25, 0.3) is 0 Å². The molecule has 0 amide bonds. The molecule has 1 aliphatic rings. The zero-order chi connectivity index (χ0) is 17.9. The smallest absolute Gasteiger partial charge is 0.243 e. The third-order valence-electron chi connectivity index (χ3n) is 4.43. The topological polar surface area (TPSA) is 60.3 Å². The Morgan fingerprint density at radius 1 is 1.12 bits per heavy atom. The van der Waals surface area contributed by atoms with E-state index in [9.17, 15) is 8.42 Å². The van der Waals surface area contributed by atoms with E-state index in [0.717, 1.165) is 19.6 Å². The lowest BCUT2D eigenvalue weighted by Gasteiger charge is -2.31. The van der Waals surface area contributed by atoms with E-state index in [2.05, 4.69) is 17.5 Å². The van der Waals surface area contributed by atoms with Crippen molar-refractivity contribution in [3.05, 3.63) is 40.6 Å². The number of methoxy groups -OCH3 is 2. The van der Waals surface area contributed by atoms with Crippen LogP contribution in [-0.2, 0) is 16.6 Å². The minimum absolute atomic E-state index is 0.242. The van der Waals surface area contributed by atoms with Gasteiger partial charge >= 0.3 is 0 Å². The molecule has 1 aromatic heterocycles. The highest BCUT2D eigenvalue weighted by Crippen LogP contribution is 2.30. The van der Waals surface area contributed by atoms with Gasteiger partial charge in [-0.2, -0.15) is 4.31 Å². The molecule has 8 heteroatoms. The minimum Gasteiger partial charge on any atom is -0.493 e. The van der Waals surface area contributed by atoms with Gasteiger partial charge in [0.2, 0.25) is 10.0 Å². The van der Waals surface area contributed by atoms with E-state index in [-0.39, 0.29) is 4.90 Å². The number of piperazine rings is 1. The number of sulfonamides is 1. The second kappa shape index (κ2) is 7.74. The normalized spacial score (nSPS) is 16.7. The molecule has 2 heterocycles. The van der Waals surface area contributed by atoms with Crippen LogP contribution in [0, 0.1) is 0 Å². The van der Waals surface area contributed by atoms with Crippen LogP contribution in [0.3, 0.4) is 0 Å². The molecule has 1 saturated heterocycles. The molecule has 0 aliphatic carbocycles. The van der Waals surface area contributed by atoms with Crippen LogP contribution in [0.2, 0.25) is 0 Å².